The number of fused-ring (bicyclic) bond motifs is 4. The number of ether oxygens (including phenoxy) is 4. The van der Waals surface area contributed by atoms with Crippen LogP contribution < -0.4 is 5.32 Å². The first-order valence-corrected chi connectivity index (χ1v) is 17.3. The van der Waals surface area contributed by atoms with Crippen molar-refractivity contribution in [2.75, 3.05) is 19.8 Å². The normalized spacial score (nSPS) is 13.7. The number of hydrogen-bond donors (Lipinski definition) is 1. The van der Waals surface area contributed by atoms with Crippen LogP contribution in [0, 0.1) is 0 Å². The van der Waals surface area contributed by atoms with Gasteiger partial charge < -0.3 is 29.2 Å². The average molecular weight is 681 g/mol. The molecule has 4 aromatic rings. The van der Waals surface area contributed by atoms with Gasteiger partial charge >= 0.3 is 12.1 Å². The van der Waals surface area contributed by atoms with Gasteiger partial charge in [0.05, 0.1) is 12.5 Å². The third-order valence-electron chi connectivity index (χ3n) is 8.78. The minimum Gasteiger partial charge on any atom is -0.460 e. The zero-order valence-corrected chi connectivity index (χ0v) is 29.8. The van der Waals surface area contributed by atoms with E-state index in [1.165, 1.54) is 0 Å². The molecule has 1 aliphatic rings. The molecule has 2 amide bonds. The monoisotopic (exact) mass is 680 g/mol. The first kappa shape index (κ1) is 36.5. The minimum absolute atomic E-state index is 0.0556. The maximum absolute atomic E-state index is 14.7. The van der Waals surface area contributed by atoms with Gasteiger partial charge in [-0.2, -0.15) is 0 Å². The fourth-order valence-corrected chi connectivity index (χ4v) is 6.57. The molecule has 1 aliphatic carbocycles. The molecule has 5 rings (SSSR count). The predicted octanol–water partition coefficient (Wildman–Crippen LogP) is 7.60. The molecule has 264 valence electrons. The van der Waals surface area contributed by atoms with Crippen molar-refractivity contribution in [1.29, 1.82) is 0 Å². The van der Waals surface area contributed by atoms with E-state index in [0.717, 1.165) is 38.6 Å². The Morgan fingerprint density at radius 2 is 1.38 bits per heavy atom. The maximum atomic E-state index is 14.7. The fourth-order valence-electron chi connectivity index (χ4n) is 6.57. The summed E-state index contributed by atoms with van der Waals surface area (Å²) in [6, 6.07) is 28.1. The lowest BCUT2D eigenvalue weighted by molar-refractivity contribution is -0.180. The van der Waals surface area contributed by atoms with Crippen LogP contribution in [0.2, 0.25) is 0 Å². The number of rotatable bonds is 14. The zero-order chi connectivity index (χ0) is 35.8. The van der Waals surface area contributed by atoms with Gasteiger partial charge in [0, 0.05) is 25.7 Å². The fraction of sp³-hybridized carbons (Fsp3) is 0.390. The first-order chi connectivity index (χ1) is 24.0. The van der Waals surface area contributed by atoms with Crippen molar-refractivity contribution in [2.24, 2.45) is 0 Å². The minimum atomic E-state index is -1.29. The summed E-state index contributed by atoms with van der Waals surface area (Å²) in [4.78, 5) is 43.1. The van der Waals surface area contributed by atoms with E-state index in [4.69, 9.17) is 18.9 Å². The van der Waals surface area contributed by atoms with Crippen LogP contribution in [0.4, 0.5) is 4.79 Å². The molecule has 0 bridgehead atoms. The molecule has 0 unspecified atom stereocenters. The second-order valence-corrected chi connectivity index (χ2v) is 13.4. The zero-order valence-electron chi connectivity index (χ0n) is 29.8. The number of esters is 1. The van der Waals surface area contributed by atoms with Crippen LogP contribution in [0.5, 0.6) is 0 Å². The average Bonchev–Trinajstić information content (AvgIpc) is 3.41. The lowest BCUT2D eigenvalue weighted by atomic mass is 9.98. The Bertz CT molecular complexity index is 1740. The van der Waals surface area contributed by atoms with Gasteiger partial charge in [0.1, 0.15) is 18.2 Å². The van der Waals surface area contributed by atoms with Crippen LogP contribution in [0.15, 0.2) is 91.0 Å². The number of carbonyl (C=O) groups excluding carboxylic acids is 3. The highest BCUT2D eigenvalue weighted by Crippen LogP contribution is 2.44. The largest absolute Gasteiger partial charge is 0.460 e. The highest BCUT2D eigenvalue weighted by Gasteiger charge is 2.37. The van der Waals surface area contributed by atoms with Crippen molar-refractivity contribution in [3.63, 3.8) is 0 Å². The lowest BCUT2D eigenvalue weighted by Gasteiger charge is -2.36. The SMILES string of the molecule is CCOC(OCC)[C@H](C)N(Cc1cccc2ccccc12)C(=O)[C@H](CC(=O)OC(C)(C)C)NC(=O)OCC1c2ccccc2-c2ccccc21. The molecule has 0 fully saturated rings. The van der Waals surface area contributed by atoms with Gasteiger partial charge in [-0.15, -0.1) is 0 Å². The van der Waals surface area contributed by atoms with Gasteiger partial charge in [0.15, 0.2) is 6.29 Å². The van der Waals surface area contributed by atoms with Gasteiger partial charge in [-0.1, -0.05) is 91.0 Å². The lowest BCUT2D eigenvalue weighted by Crippen LogP contribution is -2.55. The molecule has 4 aromatic carbocycles. The second-order valence-electron chi connectivity index (χ2n) is 13.4. The van der Waals surface area contributed by atoms with Crippen molar-refractivity contribution < 1.29 is 33.3 Å². The Morgan fingerprint density at radius 3 is 2.00 bits per heavy atom. The van der Waals surface area contributed by atoms with E-state index < -0.39 is 48.4 Å². The van der Waals surface area contributed by atoms with E-state index >= 15 is 0 Å². The molecule has 2 atom stereocenters. The highest BCUT2D eigenvalue weighted by atomic mass is 16.7. The van der Waals surface area contributed by atoms with Crippen LogP contribution in [0.25, 0.3) is 21.9 Å². The van der Waals surface area contributed by atoms with E-state index in [2.05, 4.69) is 17.4 Å². The summed E-state index contributed by atoms with van der Waals surface area (Å²) in [6.07, 6.45) is -1.95. The van der Waals surface area contributed by atoms with Gasteiger partial charge in [0.2, 0.25) is 5.91 Å². The van der Waals surface area contributed by atoms with Gasteiger partial charge in [-0.25, -0.2) is 4.79 Å². The van der Waals surface area contributed by atoms with E-state index in [9.17, 15) is 14.4 Å². The summed E-state index contributed by atoms with van der Waals surface area (Å²) < 4.78 is 23.3. The molecular formula is C41H48N2O7. The molecule has 0 heterocycles. The van der Waals surface area contributed by atoms with E-state index in [-0.39, 0.29) is 19.1 Å². The quantitative estimate of drug-likeness (QED) is 0.108. The number of nitrogens with one attached hydrogen (secondary N) is 1. The van der Waals surface area contributed by atoms with Gasteiger partial charge in [-0.05, 0) is 80.1 Å². The summed E-state index contributed by atoms with van der Waals surface area (Å²) in [5.74, 6) is -1.29. The second kappa shape index (κ2) is 16.3. The smallest absolute Gasteiger partial charge is 0.407 e. The Morgan fingerprint density at radius 1 is 0.800 bits per heavy atom. The van der Waals surface area contributed by atoms with Crippen molar-refractivity contribution in [3.8, 4) is 11.1 Å². The molecule has 0 radical (unpaired) electrons. The molecule has 0 spiro atoms. The van der Waals surface area contributed by atoms with Crippen molar-refractivity contribution in [1.82, 2.24) is 10.2 Å². The predicted molar refractivity (Wildman–Crippen MR) is 193 cm³/mol. The number of benzene rings is 4. The standard InChI is InChI=1S/C41H48N2O7/c1-7-47-39(48-8-2)27(3)43(25-29-18-15-17-28-16-9-10-19-30(28)29)38(45)36(24-37(44)50-41(4,5)6)42-40(46)49-26-35-33-22-13-11-20-31(33)32-21-12-14-23-34(32)35/h9-23,27,35-36,39H,7-8,24-26H2,1-6H3,(H,42,46)/t27-,36-/m0/s1. The number of carbonyl (C=O) groups is 3. The van der Waals surface area contributed by atoms with E-state index in [0.29, 0.717) is 13.2 Å². The number of nitrogens with zero attached hydrogens (tertiary/aromatic N) is 1. The van der Waals surface area contributed by atoms with E-state index in [1.54, 1.807) is 25.7 Å². The van der Waals surface area contributed by atoms with Crippen LogP contribution in [-0.2, 0) is 35.1 Å². The third-order valence-corrected chi connectivity index (χ3v) is 8.78. The molecule has 1 N–H and O–H groups in total. The molecule has 50 heavy (non-hydrogen) atoms. The van der Waals surface area contributed by atoms with Crippen LogP contribution in [-0.4, -0.2) is 66.7 Å². The highest BCUT2D eigenvalue weighted by molar-refractivity contribution is 5.91. The van der Waals surface area contributed by atoms with Gasteiger partial charge in [-0.3, -0.25) is 9.59 Å². The maximum Gasteiger partial charge on any atom is 0.407 e. The van der Waals surface area contributed by atoms with Crippen molar-refractivity contribution in [3.05, 3.63) is 108 Å². The summed E-state index contributed by atoms with van der Waals surface area (Å²) in [5, 5.41) is 4.74. The first-order valence-electron chi connectivity index (χ1n) is 17.3. The molecule has 0 aromatic heterocycles. The van der Waals surface area contributed by atoms with E-state index in [1.807, 2.05) is 99.6 Å². The third kappa shape index (κ3) is 8.70. The summed E-state index contributed by atoms with van der Waals surface area (Å²) in [7, 11) is 0. The molecule has 9 heteroatoms. The molecule has 0 saturated heterocycles. The van der Waals surface area contributed by atoms with Crippen LogP contribution >= 0.6 is 0 Å². The summed E-state index contributed by atoms with van der Waals surface area (Å²) in [6.45, 7) is 11.8. The molecule has 0 aliphatic heterocycles. The van der Waals surface area contributed by atoms with Crippen molar-refractivity contribution in [2.45, 2.75) is 84.4 Å². The Kier molecular flexibility index (Phi) is 11.9. The molecular weight excluding hydrogens is 632 g/mol. The Balaban J connectivity index is 1.43. The van der Waals surface area contributed by atoms with Crippen LogP contribution in [0.1, 0.15) is 70.6 Å². The summed E-state index contributed by atoms with van der Waals surface area (Å²) in [5.41, 5.74) is 4.44. The number of alkyl carbamates (subject to hydrolysis) is 1. The topological polar surface area (TPSA) is 103 Å². The van der Waals surface area contributed by atoms with Crippen molar-refractivity contribution >= 4 is 28.7 Å². The van der Waals surface area contributed by atoms with Gasteiger partial charge in [0.25, 0.3) is 0 Å². The van der Waals surface area contributed by atoms with Crippen LogP contribution in [0.3, 0.4) is 0 Å². The summed E-state index contributed by atoms with van der Waals surface area (Å²) >= 11 is 0. The molecule has 0 saturated carbocycles. The number of hydrogen-bond acceptors (Lipinski definition) is 7. The molecule has 9 nitrogen and oxygen atoms in total. The number of amides is 2. The Hall–Kier alpha value is -4.73. The Labute approximate surface area is 294 Å².